The molecule has 0 saturated carbocycles. The molecule has 0 bridgehead atoms. The van der Waals surface area contributed by atoms with Crippen molar-refractivity contribution in [1.29, 1.82) is 0 Å². The lowest BCUT2D eigenvalue weighted by atomic mass is 9.95. The molecule has 2 aromatic rings. The summed E-state index contributed by atoms with van der Waals surface area (Å²) in [7, 11) is 4.94. The summed E-state index contributed by atoms with van der Waals surface area (Å²) in [5, 5.41) is 0. The van der Waals surface area contributed by atoms with Crippen molar-refractivity contribution >= 4 is 0 Å². The fourth-order valence-corrected chi connectivity index (χ4v) is 3.55. The number of nitrogens with two attached hydrogens (primary N) is 1. The van der Waals surface area contributed by atoms with Gasteiger partial charge in [-0.1, -0.05) is 30.3 Å². The van der Waals surface area contributed by atoms with Gasteiger partial charge in [0.1, 0.15) is 5.75 Å². The quantitative estimate of drug-likeness (QED) is 0.875. The normalized spacial score (nSPS) is 20.5. The number of rotatable bonds is 6. The van der Waals surface area contributed by atoms with Crippen LogP contribution >= 0.6 is 0 Å². The van der Waals surface area contributed by atoms with Crippen LogP contribution in [0.3, 0.4) is 0 Å². The van der Waals surface area contributed by atoms with Gasteiger partial charge in [-0.25, -0.2) is 0 Å². The summed E-state index contributed by atoms with van der Waals surface area (Å²) in [5.41, 5.74) is 8.78. The highest BCUT2D eigenvalue weighted by Gasteiger charge is 2.31. The molecule has 1 saturated heterocycles. The first-order valence-corrected chi connectivity index (χ1v) is 8.48. The van der Waals surface area contributed by atoms with Gasteiger partial charge >= 0.3 is 0 Å². The highest BCUT2D eigenvalue weighted by molar-refractivity contribution is 5.50. The molecule has 0 amide bonds. The van der Waals surface area contributed by atoms with Gasteiger partial charge in [0.05, 0.1) is 21.3 Å². The predicted molar refractivity (Wildman–Crippen MR) is 98.5 cm³/mol. The number of hydrogen-bond acceptors (Lipinski definition) is 5. The van der Waals surface area contributed by atoms with Crippen LogP contribution < -0.4 is 19.9 Å². The van der Waals surface area contributed by atoms with Gasteiger partial charge in [0.15, 0.2) is 11.5 Å². The number of methoxy groups -OCH3 is 3. The number of hydrogen-bond donors (Lipinski definition) is 1. The van der Waals surface area contributed by atoms with Crippen molar-refractivity contribution in [2.45, 2.75) is 18.5 Å². The molecule has 0 aliphatic carbocycles. The van der Waals surface area contributed by atoms with Gasteiger partial charge in [-0.3, -0.25) is 4.90 Å². The van der Waals surface area contributed by atoms with Gasteiger partial charge in [0.2, 0.25) is 0 Å². The average molecular weight is 342 g/mol. The predicted octanol–water partition coefficient (Wildman–Crippen LogP) is 2.64. The zero-order valence-electron chi connectivity index (χ0n) is 15.1. The lowest BCUT2D eigenvalue weighted by molar-refractivity contribution is 0.309. The third-order valence-corrected chi connectivity index (χ3v) is 4.85. The second kappa shape index (κ2) is 7.76. The van der Waals surface area contributed by atoms with E-state index >= 15 is 0 Å². The smallest absolute Gasteiger partial charge is 0.164 e. The zero-order chi connectivity index (χ0) is 17.8. The SMILES string of the molecule is COc1cc(OC)c(OC)cc1CN1C[C@@H](N)[C@H](c2ccccc2)C1. The van der Waals surface area contributed by atoms with Crippen molar-refractivity contribution in [2.75, 3.05) is 34.4 Å². The second-order valence-electron chi connectivity index (χ2n) is 6.39. The maximum atomic E-state index is 6.41. The highest BCUT2D eigenvalue weighted by atomic mass is 16.5. The van der Waals surface area contributed by atoms with Crippen molar-refractivity contribution in [2.24, 2.45) is 5.73 Å². The molecular weight excluding hydrogens is 316 g/mol. The Labute approximate surface area is 149 Å². The van der Waals surface area contributed by atoms with Crippen molar-refractivity contribution < 1.29 is 14.2 Å². The first kappa shape index (κ1) is 17.6. The molecular formula is C20H26N2O3. The number of likely N-dealkylation sites (tertiary alicyclic amines) is 1. The Morgan fingerprint density at radius 1 is 0.920 bits per heavy atom. The van der Waals surface area contributed by atoms with E-state index in [4.69, 9.17) is 19.9 Å². The van der Waals surface area contributed by atoms with E-state index in [-0.39, 0.29) is 6.04 Å². The molecule has 0 spiro atoms. The van der Waals surface area contributed by atoms with Crippen LogP contribution in [0.2, 0.25) is 0 Å². The van der Waals surface area contributed by atoms with Crippen LogP contribution in [0.1, 0.15) is 17.0 Å². The largest absolute Gasteiger partial charge is 0.496 e. The Kier molecular flexibility index (Phi) is 5.46. The second-order valence-corrected chi connectivity index (χ2v) is 6.39. The molecule has 2 atom stereocenters. The van der Waals surface area contributed by atoms with E-state index in [1.807, 2.05) is 18.2 Å². The Hall–Kier alpha value is -2.24. The summed E-state index contributed by atoms with van der Waals surface area (Å²) < 4.78 is 16.3. The maximum absolute atomic E-state index is 6.41. The van der Waals surface area contributed by atoms with Crippen LogP contribution in [0.15, 0.2) is 42.5 Å². The van der Waals surface area contributed by atoms with Crippen molar-refractivity contribution in [1.82, 2.24) is 4.90 Å². The van der Waals surface area contributed by atoms with E-state index in [1.165, 1.54) is 5.56 Å². The minimum Gasteiger partial charge on any atom is -0.496 e. The van der Waals surface area contributed by atoms with Crippen LogP contribution in [-0.4, -0.2) is 45.4 Å². The van der Waals surface area contributed by atoms with Crippen molar-refractivity contribution in [3.63, 3.8) is 0 Å². The van der Waals surface area contributed by atoms with E-state index < -0.39 is 0 Å². The molecule has 134 valence electrons. The van der Waals surface area contributed by atoms with Gasteiger partial charge in [-0.2, -0.15) is 0 Å². The first-order chi connectivity index (χ1) is 12.2. The minimum atomic E-state index is 0.133. The Morgan fingerprint density at radius 2 is 1.56 bits per heavy atom. The van der Waals surface area contributed by atoms with E-state index in [0.717, 1.165) is 30.9 Å². The maximum Gasteiger partial charge on any atom is 0.164 e. The molecule has 1 heterocycles. The van der Waals surface area contributed by atoms with Crippen LogP contribution in [0, 0.1) is 0 Å². The Bertz CT molecular complexity index is 706. The Morgan fingerprint density at radius 3 is 2.20 bits per heavy atom. The minimum absolute atomic E-state index is 0.133. The van der Waals surface area contributed by atoms with E-state index in [0.29, 0.717) is 17.4 Å². The fraction of sp³-hybridized carbons (Fsp3) is 0.400. The number of nitrogens with zero attached hydrogens (tertiary/aromatic N) is 1. The number of ether oxygens (including phenoxy) is 3. The van der Waals surface area contributed by atoms with Crippen LogP contribution in [0.25, 0.3) is 0 Å². The van der Waals surface area contributed by atoms with Gasteiger partial charge in [0.25, 0.3) is 0 Å². The van der Waals surface area contributed by atoms with Crippen LogP contribution in [-0.2, 0) is 6.54 Å². The molecule has 2 N–H and O–H groups in total. The molecule has 0 aromatic heterocycles. The Balaban J connectivity index is 1.79. The number of benzene rings is 2. The van der Waals surface area contributed by atoms with Gasteiger partial charge in [0, 0.05) is 43.2 Å². The molecule has 5 nitrogen and oxygen atoms in total. The summed E-state index contributed by atoms with van der Waals surface area (Å²) in [4.78, 5) is 2.37. The molecule has 1 fully saturated rings. The topological polar surface area (TPSA) is 57.0 Å². The zero-order valence-corrected chi connectivity index (χ0v) is 15.1. The average Bonchev–Trinajstić information content (AvgIpc) is 3.02. The standard InChI is InChI=1S/C20H26N2O3/c1-23-18-10-20(25-3)19(24-2)9-15(18)11-22-12-16(17(21)13-22)14-7-5-4-6-8-14/h4-10,16-17H,11-13,21H2,1-3H3/t16-,17+/m0/s1. The molecule has 5 heteroatoms. The first-order valence-electron chi connectivity index (χ1n) is 8.48. The third kappa shape index (κ3) is 3.72. The molecule has 0 radical (unpaired) electrons. The lowest BCUT2D eigenvalue weighted by Gasteiger charge is -2.19. The molecule has 3 rings (SSSR count). The summed E-state index contributed by atoms with van der Waals surface area (Å²) in [6.07, 6.45) is 0. The molecule has 1 aliphatic rings. The van der Waals surface area contributed by atoms with E-state index in [9.17, 15) is 0 Å². The highest BCUT2D eigenvalue weighted by Crippen LogP contribution is 2.36. The summed E-state index contributed by atoms with van der Waals surface area (Å²) in [6.45, 7) is 2.56. The molecule has 25 heavy (non-hydrogen) atoms. The van der Waals surface area contributed by atoms with Crippen LogP contribution in [0.4, 0.5) is 0 Å². The van der Waals surface area contributed by atoms with Crippen molar-refractivity contribution in [3.05, 3.63) is 53.6 Å². The molecule has 0 unspecified atom stereocenters. The van der Waals surface area contributed by atoms with Crippen molar-refractivity contribution in [3.8, 4) is 17.2 Å². The lowest BCUT2D eigenvalue weighted by Crippen LogP contribution is -2.28. The summed E-state index contributed by atoms with van der Waals surface area (Å²) in [6, 6.07) is 14.5. The van der Waals surface area contributed by atoms with Crippen LogP contribution in [0.5, 0.6) is 17.2 Å². The van der Waals surface area contributed by atoms with E-state index in [1.54, 1.807) is 21.3 Å². The van der Waals surface area contributed by atoms with E-state index in [2.05, 4.69) is 29.2 Å². The summed E-state index contributed by atoms with van der Waals surface area (Å²) in [5.74, 6) is 2.53. The fourth-order valence-electron chi connectivity index (χ4n) is 3.55. The summed E-state index contributed by atoms with van der Waals surface area (Å²) >= 11 is 0. The molecule has 2 aromatic carbocycles. The molecule has 1 aliphatic heterocycles. The third-order valence-electron chi connectivity index (χ3n) is 4.85. The van der Waals surface area contributed by atoms with Gasteiger partial charge in [-0.05, 0) is 11.6 Å². The van der Waals surface area contributed by atoms with Gasteiger partial charge < -0.3 is 19.9 Å². The monoisotopic (exact) mass is 342 g/mol. The van der Waals surface area contributed by atoms with Gasteiger partial charge in [-0.15, -0.1) is 0 Å².